The number of aromatic nitrogens is 3. The van der Waals surface area contributed by atoms with Crippen molar-refractivity contribution in [3.8, 4) is 11.8 Å². The summed E-state index contributed by atoms with van der Waals surface area (Å²) >= 11 is 5.89. The lowest BCUT2D eigenvalue weighted by Gasteiger charge is -2.43. The molecule has 1 aromatic carbocycles. The summed E-state index contributed by atoms with van der Waals surface area (Å²) in [4.78, 5) is 34.3. The molecule has 0 bridgehead atoms. The van der Waals surface area contributed by atoms with Crippen LogP contribution in [0, 0.1) is 11.3 Å². The zero-order valence-corrected chi connectivity index (χ0v) is 21.1. The van der Waals surface area contributed by atoms with E-state index >= 15 is 0 Å². The highest BCUT2D eigenvalue weighted by atomic mass is 32.1. The third-order valence-electron chi connectivity index (χ3n) is 7.85. The maximum Gasteiger partial charge on any atom is 0.259 e. The monoisotopic (exact) mass is 515 g/mol. The predicted octanol–water partition coefficient (Wildman–Crippen LogP) is 3.17. The molecule has 0 atom stereocenters. The summed E-state index contributed by atoms with van der Waals surface area (Å²) < 4.78 is 7.36. The van der Waals surface area contributed by atoms with Gasteiger partial charge in [-0.1, -0.05) is 0 Å². The molecule has 2 aliphatic heterocycles. The maximum absolute atomic E-state index is 13.8. The number of rotatable bonds is 5. The minimum absolute atomic E-state index is 0.0879. The molecular weight excluding hydrogens is 490 g/mol. The number of likely N-dealkylation sites (tertiary alicyclic amines) is 1. The first kappa shape index (κ1) is 23.4. The average Bonchev–Trinajstić information content (AvgIpc) is 3.43. The summed E-state index contributed by atoms with van der Waals surface area (Å²) in [5, 5.41) is 15.3. The van der Waals surface area contributed by atoms with Crippen LogP contribution in [0.2, 0.25) is 0 Å². The summed E-state index contributed by atoms with van der Waals surface area (Å²) in [5.41, 5.74) is 1.76. The Bertz CT molecular complexity index is 1470. The number of nitrogens with zero attached hydrogens (tertiary/aromatic N) is 7. The zero-order valence-electron chi connectivity index (χ0n) is 20.3. The third-order valence-corrected chi connectivity index (χ3v) is 8.21. The smallest absolute Gasteiger partial charge is 0.259 e. The molecule has 10 nitrogen and oxygen atoms in total. The second-order valence-corrected chi connectivity index (χ2v) is 10.1. The molecule has 6 rings (SSSR count). The second-order valence-electron chi connectivity index (χ2n) is 9.70. The van der Waals surface area contributed by atoms with Gasteiger partial charge in [0.1, 0.15) is 11.6 Å². The average molecular weight is 516 g/mol. The van der Waals surface area contributed by atoms with Crippen molar-refractivity contribution in [1.29, 1.82) is 5.26 Å². The van der Waals surface area contributed by atoms with Crippen LogP contribution in [0.4, 0.5) is 11.4 Å². The van der Waals surface area contributed by atoms with Gasteiger partial charge in [-0.2, -0.15) is 10.4 Å². The van der Waals surface area contributed by atoms with Crippen LogP contribution in [0.3, 0.4) is 0 Å². The molecule has 188 valence electrons. The van der Waals surface area contributed by atoms with E-state index in [9.17, 15) is 14.9 Å². The van der Waals surface area contributed by atoms with Gasteiger partial charge in [0.25, 0.3) is 5.91 Å². The quantitative estimate of drug-likeness (QED) is 0.377. The lowest BCUT2D eigenvalue weighted by atomic mass is 9.75. The molecule has 3 fully saturated rings. The van der Waals surface area contributed by atoms with Crippen LogP contribution in [-0.2, 0) is 9.59 Å². The molecule has 11 heteroatoms. The number of amides is 2. The lowest BCUT2D eigenvalue weighted by molar-refractivity contribution is -0.124. The van der Waals surface area contributed by atoms with Crippen LogP contribution in [0.15, 0.2) is 36.7 Å². The summed E-state index contributed by atoms with van der Waals surface area (Å²) in [5.74, 6) is 0.208. The number of pyridine rings is 1. The number of anilines is 2. The minimum atomic E-state index is -0.733. The van der Waals surface area contributed by atoms with Gasteiger partial charge in [-0.25, -0.2) is 4.98 Å². The second kappa shape index (κ2) is 8.81. The Hall–Kier alpha value is -4.04. The Morgan fingerprint density at radius 2 is 1.97 bits per heavy atom. The normalized spacial score (nSPS) is 19.4. The fourth-order valence-electron chi connectivity index (χ4n) is 5.71. The molecule has 2 saturated heterocycles. The molecule has 0 N–H and O–H groups in total. The van der Waals surface area contributed by atoms with E-state index in [4.69, 9.17) is 17.0 Å². The first-order chi connectivity index (χ1) is 18.0. The van der Waals surface area contributed by atoms with Crippen molar-refractivity contribution in [2.75, 3.05) is 30.0 Å². The van der Waals surface area contributed by atoms with E-state index in [2.05, 4.69) is 14.8 Å². The van der Waals surface area contributed by atoms with Crippen LogP contribution in [0.1, 0.15) is 43.8 Å². The molecule has 4 heterocycles. The van der Waals surface area contributed by atoms with Gasteiger partial charge in [0.2, 0.25) is 6.41 Å². The van der Waals surface area contributed by atoms with Gasteiger partial charge < -0.3 is 14.5 Å². The standard InChI is InChI=1S/C26H25N7O3S/c1-36-23-12-20(15-28-21(23)13-27)31-24(35)26(7-2-8-26)32(25(31)37)19-3-4-22-17(11-19)14-29-33(22)18-5-9-30(16-34)10-6-18/h3-4,11-12,14-16,18H,2,5-10H2,1H3. The van der Waals surface area contributed by atoms with Crippen LogP contribution in [0.5, 0.6) is 5.75 Å². The minimum Gasteiger partial charge on any atom is -0.494 e. The van der Waals surface area contributed by atoms with Crippen molar-refractivity contribution >= 4 is 51.9 Å². The lowest BCUT2D eigenvalue weighted by Crippen LogP contribution is -2.55. The largest absolute Gasteiger partial charge is 0.494 e. The molecule has 0 unspecified atom stereocenters. The third kappa shape index (κ3) is 3.47. The van der Waals surface area contributed by atoms with Crippen LogP contribution < -0.4 is 14.5 Å². The fraction of sp³-hybridized carbons (Fsp3) is 0.385. The van der Waals surface area contributed by atoms with Gasteiger partial charge in [0.05, 0.1) is 36.7 Å². The molecule has 37 heavy (non-hydrogen) atoms. The number of ether oxygens (including phenoxy) is 1. The molecule has 1 saturated carbocycles. The van der Waals surface area contributed by atoms with Gasteiger partial charge in [-0.05, 0) is 62.5 Å². The SMILES string of the molecule is COc1cc(N2C(=O)C3(CCC3)N(c3ccc4c(cnn4C4CCN(C=O)CC4)c3)C2=S)cnc1C#N. The highest BCUT2D eigenvalue weighted by molar-refractivity contribution is 7.81. The molecule has 2 amide bonds. The van der Waals surface area contributed by atoms with Crippen molar-refractivity contribution < 1.29 is 14.3 Å². The summed E-state index contributed by atoms with van der Waals surface area (Å²) in [6.45, 7) is 1.45. The fourth-order valence-corrected chi connectivity index (χ4v) is 6.18. The number of nitriles is 1. The number of hydrogen-bond acceptors (Lipinski definition) is 7. The Balaban J connectivity index is 1.35. The van der Waals surface area contributed by atoms with E-state index in [1.807, 2.05) is 35.4 Å². The maximum atomic E-state index is 13.8. The Morgan fingerprint density at radius 3 is 2.62 bits per heavy atom. The van der Waals surface area contributed by atoms with E-state index in [0.717, 1.165) is 55.4 Å². The number of carbonyl (C=O) groups excluding carboxylic acids is 2. The Labute approximate surface area is 219 Å². The molecule has 0 radical (unpaired) electrons. The summed E-state index contributed by atoms with van der Waals surface area (Å²) in [6.07, 6.45) is 8.33. The van der Waals surface area contributed by atoms with Crippen molar-refractivity contribution in [3.63, 3.8) is 0 Å². The molecule has 1 aliphatic carbocycles. The summed E-state index contributed by atoms with van der Waals surface area (Å²) in [7, 11) is 1.46. The van der Waals surface area contributed by atoms with Gasteiger partial charge >= 0.3 is 0 Å². The topological polar surface area (TPSA) is 108 Å². The van der Waals surface area contributed by atoms with E-state index < -0.39 is 5.54 Å². The molecular formula is C26H25N7O3S. The first-order valence-corrected chi connectivity index (χ1v) is 12.7. The van der Waals surface area contributed by atoms with Crippen LogP contribution in [0.25, 0.3) is 10.9 Å². The van der Waals surface area contributed by atoms with E-state index in [-0.39, 0.29) is 17.6 Å². The van der Waals surface area contributed by atoms with E-state index in [1.165, 1.54) is 18.2 Å². The van der Waals surface area contributed by atoms with Crippen molar-refractivity contribution in [2.24, 2.45) is 0 Å². The predicted molar refractivity (Wildman–Crippen MR) is 140 cm³/mol. The molecule has 1 spiro atoms. The first-order valence-electron chi connectivity index (χ1n) is 12.3. The number of fused-ring (bicyclic) bond motifs is 1. The molecule has 2 aromatic heterocycles. The number of thiocarbonyl (C=S) groups is 1. The van der Waals surface area contributed by atoms with Gasteiger partial charge in [-0.15, -0.1) is 0 Å². The van der Waals surface area contributed by atoms with Crippen molar-refractivity contribution in [3.05, 3.63) is 42.4 Å². The summed E-state index contributed by atoms with van der Waals surface area (Å²) in [6, 6.07) is 9.95. The number of carbonyl (C=O) groups is 2. The van der Waals surface area contributed by atoms with Gasteiger partial charge in [-0.3, -0.25) is 19.2 Å². The molecule has 3 aromatic rings. The molecule has 3 aliphatic rings. The number of piperidine rings is 1. The zero-order chi connectivity index (χ0) is 25.7. The Kier molecular flexibility index (Phi) is 5.56. The van der Waals surface area contributed by atoms with E-state index in [1.54, 1.807) is 11.0 Å². The van der Waals surface area contributed by atoms with E-state index in [0.29, 0.717) is 29.4 Å². The number of methoxy groups -OCH3 is 1. The van der Waals surface area contributed by atoms with Crippen LogP contribution >= 0.6 is 12.2 Å². The Morgan fingerprint density at radius 1 is 1.19 bits per heavy atom. The van der Waals surface area contributed by atoms with Crippen LogP contribution in [-0.4, -0.2) is 62.8 Å². The highest BCUT2D eigenvalue weighted by Gasteiger charge is 2.59. The van der Waals surface area contributed by atoms with Crippen molar-refractivity contribution in [2.45, 2.75) is 43.7 Å². The highest BCUT2D eigenvalue weighted by Crippen LogP contribution is 2.48. The number of benzene rings is 1. The number of hydrogen-bond donors (Lipinski definition) is 0. The van der Waals surface area contributed by atoms with Gasteiger partial charge in [0.15, 0.2) is 16.6 Å². The van der Waals surface area contributed by atoms with Gasteiger partial charge in [0, 0.05) is 30.2 Å². The van der Waals surface area contributed by atoms with Crippen molar-refractivity contribution in [1.82, 2.24) is 19.7 Å².